The zero-order valence-electron chi connectivity index (χ0n) is 10.2. The maximum Gasteiger partial charge on any atom is 0.146 e. The normalized spacial score (nSPS) is 15.6. The van der Waals surface area contributed by atoms with Gasteiger partial charge in [-0.25, -0.2) is 10.8 Å². The number of pyridine rings is 1. The van der Waals surface area contributed by atoms with Crippen LogP contribution in [0, 0.1) is 0 Å². The molecule has 1 aliphatic carbocycles. The van der Waals surface area contributed by atoms with Crippen LogP contribution in [0.15, 0.2) is 30.3 Å². The molecule has 3 N–H and O–H groups in total. The molecule has 1 aliphatic rings. The molecule has 0 bridgehead atoms. The topological polar surface area (TPSA) is 60.2 Å². The van der Waals surface area contributed by atoms with Crippen LogP contribution in [-0.4, -0.2) is 11.1 Å². The van der Waals surface area contributed by atoms with E-state index in [4.69, 9.17) is 10.6 Å². The third-order valence-corrected chi connectivity index (χ3v) is 3.47. The zero-order chi connectivity index (χ0) is 12.4. The Morgan fingerprint density at radius 2 is 2.17 bits per heavy atom. The van der Waals surface area contributed by atoms with Gasteiger partial charge < -0.3 is 10.2 Å². The second-order valence-corrected chi connectivity index (χ2v) is 4.70. The van der Waals surface area contributed by atoms with Crippen molar-refractivity contribution in [2.75, 3.05) is 5.43 Å². The van der Waals surface area contributed by atoms with E-state index in [1.165, 1.54) is 19.3 Å². The van der Waals surface area contributed by atoms with Gasteiger partial charge in [-0.2, -0.15) is 0 Å². The summed E-state index contributed by atoms with van der Waals surface area (Å²) in [6.45, 7) is 0.571. The molecule has 1 heterocycles. The predicted molar refractivity (Wildman–Crippen MR) is 72.0 cm³/mol. The Balaban J connectivity index is 1.87. The lowest BCUT2D eigenvalue weighted by atomic mass is 9.96. The van der Waals surface area contributed by atoms with Gasteiger partial charge in [0, 0.05) is 10.9 Å². The van der Waals surface area contributed by atoms with Gasteiger partial charge >= 0.3 is 0 Å². The highest BCUT2D eigenvalue weighted by Gasteiger charge is 2.18. The lowest BCUT2D eigenvalue weighted by molar-refractivity contribution is -0.00847. The van der Waals surface area contributed by atoms with E-state index < -0.39 is 0 Å². The Morgan fingerprint density at radius 3 is 2.89 bits per heavy atom. The fourth-order valence-electron chi connectivity index (χ4n) is 2.14. The fourth-order valence-corrected chi connectivity index (χ4v) is 2.14. The highest BCUT2D eigenvalue weighted by molar-refractivity contribution is 5.81. The molecule has 0 saturated heterocycles. The second kappa shape index (κ2) is 4.92. The van der Waals surface area contributed by atoms with Gasteiger partial charge in [0.05, 0.1) is 18.2 Å². The van der Waals surface area contributed by atoms with Gasteiger partial charge in [0.15, 0.2) is 0 Å². The Bertz CT molecular complexity index is 552. The minimum atomic E-state index is 0.419. The molecule has 0 spiro atoms. The van der Waals surface area contributed by atoms with Gasteiger partial charge in [-0.3, -0.25) is 0 Å². The summed E-state index contributed by atoms with van der Waals surface area (Å²) < 4.78 is 5.82. The van der Waals surface area contributed by atoms with E-state index in [2.05, 4.69) is 22.5 Å². The highest BCUT2D eigenvalue weighted by atomic mass is 16.5. The maximum atomic E-state index is 5.82. The summed E-state index contributed by atoms with van der Waals surface area (Å²) in [4.78, 5) is 4.50. The summed E-state index contributed by atoms with van der Waals surface area (Å²) in [6, 6.07) is 10.1. The van der Waals surface area contributed by atoms with Crippen LogP contribution in [0.25, 0.3) is 10.9 Å². The average molecular weight is 243 g/mol. The van der Waals surface area contributed by atoms with Crippen molar-refractivity contribution in [3.63, 3.8) is 0 Å². The largest absolute Gasteiger partial charge is 0.373 e. The molecule has 2 aromatic rings. The quantitative estimate of drug-likeness (QED) is 0.640. The molecule has 4 heteroatoms. The number of aromatic nitrogens is 1. The molecule has 0 radical (unpaired) electrons. The lowest BCUT2D eigenvalue weighted by Crippen LogP contribution is -2.22. The van der Waals surface area contributed by atoms with E-state index in [1.54, 1.807) is 0 Å². The van der Waals surface area contributed by atoms with Crippen LogP contribution in [0.4, 0.5) is 5.82 Å². The first kappa shape index (κ1) is 11.4. The molecule has 1 fully saturated rings. The summed E-state index contributed by atoms with van der Waals surface area (Å²) in [5.41, 5.74) is 4.62. The van der Waals surface area contributed by atoms with Crippen molar-refractivity contribution in [3.8, 4) is 0 Å². The van der Waals surface area contributed by atoms with E-state index in [0.717, 1.165) is 16.5 Å². The molecule has 1 saturated carbocycles. The smallest absolute Gasteiger partial charge is 0.146 e. The molecule has 0 atom stereocenters. The summed E-state index contributed by atoms with van der Waals surface area (Å²) >= 11 is 0. The summed E-state index contributed by atoms with van der Waals surface area (Å²) in [6.07, 6.45) is 4.05. The fraction of sp³-hybridized carbons (Fsp3) is 0.357. The predicted octanol–water partition coefficient (Wildman–Crippen LogP) is 2.59. The van der Waals surface area contributed by atoms with Crippen molar-refractivity contribution in [2.45, 2.75) is 32.0 Å². The number of fused-ring (bicyclic) bond motifs is 1. The van der Waals surface area contributed by atoms with Gasteiger partial charge in [0.25, 0.3) is 0 Å². The van der Waals surface area contributed by atoms with E-state index >= 15 is 0 Å². The number of rotatable bonds is 4. The molecule has 18 heavy (non-hydrogen) atoms. The van der Waals surface area contributed by atoms with Gasteiger partial charge in [-0.15, -0.1) is 0 Å². The van der Waals surface area contributed by atoms with Crippen LogP contribution in [0.3, 0.4) is 0 Å². The number of ether oxygens (including phenoxy) is 1. The van der Waals surface area contributed by atoms with Crippen molar-refractivity contribution in [1.29, 1.82) is 0 Å². The van der Waals surface area contributed by atoms with Crippen LogP contribution >= 0.6 is 0 Å². The van der Waals surface area contributed by atoms with Crippen LogP contribution in [0.1, 0.15) is 24.8 Å². The molecule has 0 aliphatic heterocycles. The molecule has 1 aromatic heterocycles. The summed E-state index contributed by atoms with van der Waals surface area (Å²) in [5, 5.41) is 1.11. The summed E-state index contributed by atoms with van der Waals surface area (Å²) in [5.74, 6) is 6.23. The number of benzene rings is 1. The number of hydrogen-bond acceptors (Lipinski definition) is 4. The first-order valence-electron chi connectivity index (χ1n) is 6.34. The van der Waals surface area contributed by atoms with Crippen LogP contribution in [0.5, 0.6) is 0 Å². The van der Waals surface area contributed by atoms with Gasteiger partial charge in [0.1, 0.15) is 5.82 Å². The number of para-hydroxylation sites is 1. The molecule has 0 amide bonds. The van der Waals surface area contributed by atoms with Crippen molar-refractivity contribution >= 4 is 16.7 Å². The number of hydrazine groups is 1. The summed E-state index contributed by atoms with van der Waals surface area (Å²) in [7, 11) is 0. The number of nitrogens with one attached hydrogen (secondary N) is 1. The molecule has 0 unspecified atom stereocenters. The van der Waals surface area contributed by atoms with E-state index in [9.17, 15) is 0 Å². The average Bonchev–Trinajstić information content (AvgIpc) is 2.36. The van der Waals surface area contributed by atoms with Crippen molar-refractivity contribution in [1.82, 2.24) is 4.98 Å². The molecule has 3 rings (SSSR count). The van der Waals surface area contributed by atoms with Crippen LogP contribution < -0.4 is 11.3 Å². The monoisotopic (exact) mass is 243 g/mol. The van der Waals surface area contributed by atoms with Gasteiger partial charge in [-0.1, -0.05) is 18.2 Å². The number of anilines is 1. The SMILES string of the molecule is NNc1nc2ccccc2cc1COC1CCC1. The minimum absolute atomic E-state index is 0.419. The molecular weight excluding hydrogens is 226 g/mol. The van der Waals surface area contributed by atoms with E-state index in [0.29, 0.717) is 18.5 Å². The standard InChI is InChI=1S/C14H17N3O/c15-17-14-11(9-18-12-5-3-6-12)8-10-4-1-2-7-13(10)16-14/h1-2,4,7-8,12H,3,5-6,9,15H2,(H,16,17). The number of nitrogens with zero attached hydrogens (tertiary/aromatic N) is 1. The third-order valence-electron chi connectivity index (χ3n) is 3.47. The Morgan fingerprint density at radius 1 is 1.33 bits per heavy atom. The van der Waals surface area contributed by atoms with Crippen LogP contribution in [0.2, 0.25) is 0 Å². The second-order valence-electron chi connectivity index (χ2n) is 4.70. The number of hydrogen-bond donors (Lipinski definition) is 2. The number of nitrogens with two attached hydrogens (primary N) is 1. The van der Waals surface area contributed by atoms with Crippen molar-refractivity contribution < 1.29 is 4.74 Å². The Kier molecular flexibility index (Phi) is 3.13. The minimum Gasteiger partial charge on any atom is -0.373 e. The highest BCUT2D eigenvalue weighted by Crippen LogP contribution is 2.25. The van der Waals surface area contributed by atoms with Gasteiger partial charge in [-0.05, 0) is 31.4 Å². The van der Waals surface area contributed by atoms with Crippen molar-refractivity contribution in [3.05, 3.63) is 35.9 Å². The Labute approximate surface area is 106 Å². The van der Waals surface area contributed by atoms with Crippen LogP contribution in [-0.2, 0) is 11.3 Å². The van der Waals surface area contributed by atoms with Gasteiger partial charge in [0.2, 0.25) is 0 Å². The van der Waals surface area contributed by atoms with E-state index in [1.807, 2.05) is 18.2 Å². The van der Waals surface area contributed by atoms with Crippen molar-refractivity contribution in [2.24, 2.45) is 5.84 Å². The first-order chi connectivity index (χ1) is 8.86. The molecule has 1 aromatic carbocycles. The number of nitrogen functional groups attached to an aromatic ring is 1. The van der Waals surface area contributed by atoms with E-state index in [-0.39, 0.29) is 0 Å². The Hall–Kier alpha value is -1.65. The third kappa shape index (κ3) is 2.17. The molecule has 4 nitrogen and oxygen atoms in total. The molecule has 94 valence electrons. The molecular formula is C14H17N3O. The first-order valence-corrected chi connectivity index (χ1v) is 6.34. The maximum absolute atomic E-state index is 5.82. The zero-order valence-corrected chi connectivity index (χ0v) is 10.2. The lowest BCUT2D eigenvalue weighted by Gasteiger charge is -2.25.